The van der Waals surface area contributed by atoms with Crippen molar-refractivity contribution in [1.29, 1.82) is 0 Å². The van der Waals surface area contributed by atoms with Crippen molar-refractivity contribution in [3.8, 4) is 11.5 Å². The number of aromatic nitrogens is 4. The molecule has 19 heavy (non-hydrogen) atoms. The number of halogens is 1. The third-order valence-corrected chi connectivity index (χ3v) is 3.10. The lowest BCUT2D eigenvalue weighted by Gasteiger charge is -1.97. The van der Waals surface area contributed by atoms with Gasteiger partial charge in [0.05, 0.1) is 6.20 Å². The molecule has 4 heterocycles. The number of hydrogen-bond acceptors (Lipinski definition) is 4. The monoisotopic (exact) mass is 270 g/mol. The number of rotatable bonds is 1. The lowest BCUT2D eigenvalue weighted by Crippen LogP contribution is -1.93. The molecule has 0 unspecified atom stereocenters. The topological polar surface area (TPSA) is 56.2 Å². The van der Waals surface area contributed by atoms with Crippen LogP contribution in [0.2, 0.25) is 5.15 Å². The van der Waals surface area contributed by atoms with E-state index in [1.54, 1.807) is 29.2 Å². The molecule has 5 nitrogen and oxygen atoms in total. The molecule has 0 spiro atoms. The molecule has 0 fully saturated rings. The summed E-state index contributed by atoms with van der Waals surface area (Å²) in [4.78, 5) is 8.34. The van der Waals surface area contributed by atoms with Gasteiger partial charge in [0.15, 0.2) is 11.4 Å². The third kappa shape index (κ3) is 1.59. The van der Waals surface area contributed by atoms with Crippen LogP contribution in [0.15, 0.2) is 47.3 Å². The van der Waals surface area contributed by atoms with Gasteiger partial charge in [-0.3, -0.25) is 4.98 Å². The lowest BCUT2D eigenvalue weighted by atomic mass is 10.3. The van der Waals surface area contributed by atoms with E-state index in [0.717, 1.165) is 22.3 Å². The summed E-state index contributed by atoms with van der Waals surface area (Å²) in [6.07, 6.45) is 5.16. The zero-order chi connectivity index (χ0) is 12.8. The summed E-state index contributed by atoms with van der Waals surface area (Å²) < 4.78 is 7.44. The minimum atomic E-state index is 0.407. The molecule has 0 aliphatic rings. The van der Waals surface area contributed by atoms with Gasteiger partial charge in [-0.1, -0.05) is 11.6 Å². The average Bonchev–Trinajstić information content (AvgIpc) is 3.00. The molecule has 4 aromatic heterocycles. The van der Waals surface area contributed by atoms with Gasteiger partial charge in [0.25, 0.3) is 0 Å². The van der Waals surface area contributed by atoms with Crippen molar-refractivity contribution in [3.05, 3.63) is 48.0 Å². The fraction of sp³-hybridized carbons (Fsp3) is 0. The number of hydrogen-bond donors (Lipinski definition) is 0. The summed E-state index contributed by atoms with van der Waals surface area (Å²) in [6, 6.07) is 7.25. The van der Waals surface area contributed by atoms with E-state index >= 15 is 0 Å². The highest BCUT2D eigenvalue weighted by Crippen LogP contribution is 2.27. The van der Waals surface area contributed by atoms with Crippen molar-refractivity contribution in [2.45, 2.75) is 0 Å². The Labute approximate surface area is 112 Å². The Morgan fingerprint density at radius 3 is 3.00 bits per heavy atom. The summed E-state index contributed by atoms with van der Waals surface area (Å²) in [5.74, 6) is 0.685. The fourth-order valence-electron chi connectivity index (χ4n) is 2.03. The summed E-state index contributed by atoms with van der Waals surface area (Å²) in [6.45, 7) is 0. The molecule has 4 aromatic rings. The van der Waals surface area contributed by atoms with Gasteiger partial charge in [-0.25, -0.2) is 9.50 Å². The first-order valence-electron chi connectivity index (χ1n) is 5.65. The van der Waals surface area contributed by atoms with Gasteiger partial charge in [0, 0.05) is 17.8 Å². The molecule has 6 heteroatoms. The number of nitrogens with zero attached hydrogens (tertiary/aromatic N) is 4. The molecule has 0 atom stereocenters. The molecular formula is C13H7ClN4O. The standard InChI is InChI=1S/C13H7ClN4O/c14-12-1-2-13-16-7-9(18(13)17-12)11-5-8-6-15-4-3-10(8)19-11/h1-7H. The first kappa shape index (κ1) is 10.5. The number of fused-ring (bicyclic) bond motifs is 2. The maximum atomic E-state index is 5.91. The van der Waals surface area contributed by atoms with Crippen LogP contribution in [0.3, 0.4) is 0 Å². The highest BCUT2D eigenvalue weighted by molar-refractivity contribution is 6.29. The molecule has 0 saturated carbocycles. The Morgan fingerprint density at radius 1 is 1.16 bits per heavy atom. The van der Waals surface area contributed by atoms with E-state index < -0.39 is 0 Å². The summed E-state index contributed by atoms with van der Waals surface area (Å²) in [7, 11) is 0. The van der Waals surface area contributed by atoms with Crippen molar-refractivity contribution < 1.29 is 4.42 Å². The zero-order valence-electron chi connectivity index (χ0n) is 9.62. The second-order valence-electron chi connectivity index (χ2n) is 4.09. The van der Waals surface area contributed by atoms with Crippen LogP contribution in [-0.4, -0.2) is 19.6 Å². The van der Waals surface area contributed by atoms with E-state index in [2.05, 4.69) is 15.1 Å². The van der Waals surface area contributed by atoms with Gasteiger partial charge in [-0.15, -0.1) is 0 Å². The van der Waals surface area contributed by atoms with E-state index in [4.69, 9.17) is 16.0 Å². The van der Waals surface area contributed by atoms with Crippen molar-refractivity contribution in [2.75, 3.05) is 0 Å². The van der Waals surface area contributed by atoms with Gasteiger partial charge in [0.1, 0.15) is 16.4 Å². The van der Waals surface area contributed by atoms with Crippen molar-refractivity contribution in [1.82, 2.24) is 19.6 Å². The van der Waals surface area contributed by atoms with E-state index in [0.29, 0.717) is 10.9 Å². The molecule has 0 saturated heterocycles. The first-order valence-corrected chi connectivity index (χ1v) is 6.03. The molecule has 0 aliphatic carbocycles. The molecule has 0 aromatic carbocycles. The maximum absolute atomic E-state index is 5.91. The van der Waals surface area contributed by atoms with Crippen LogP contribution < -0.4 is 0 Å². The van der Waals surface area contributed by atoms with Gasteiger partial charge < -0.3 is 4.42 Å². The summed E-state index contributed by atoms with van der Waals surface area (Å²) in [5, 5.41) is 5.57. The predicted molar refractivity (Wildman–Crippen MR) is 71.0 cm³/mol. The van der Waals surface area contributed by atoms with Crippen LogP contribution in [0.5, 0.6) is 0 Å². The normalized spacial score (nSPS) is 11.4. The quantitative estimate of drug-likeness (QED) is 0.533. The molecule has 0 radical (unpaired) electrons. The zero-order valence-corrected chi connectivity index (χ0v) is 10.4. The molecule has 4 rings (SSSR count). The van der Waals surface area contributed by atoms with Gasteiger partial charge in [-0.2, -0.15) is 5.10 Å². The largest absolute Gasteiger partial charge is 0.454 e. The second kappa shape index (κ2) is 3.80. The number of furan rings is 1. The van der Waals surface area contributed by atoms with Crippen molar-refractivity contribution >= 4 is 28.2 Å². The first-order chi connectivity index (χ1) is 9.31. The van der Waals surface area contributed by atoms with Gasteiger partial charge >= 0.3 is 0 Å². The van der Waals surface area contributed by atoms with Gasteiger partial charge in [0.2, 0.25) is 0 Å². The Kier molecular flexibility index (Phi) is 2.10. The number of pyridine rings is 1. The summed E-state index contributed by atoms with van der Waals surface area (Å²) >= 11 is 5.91. The van der Waals surface area contributed by atoms with E-state index in [1.807, 2.05) is 18.2 Å². The van der Waals surface area contributed by atoms with Crippen LogP contribution in [0.1, 0.15) is 0 Å². The molecule has 0 aliphatic heterocycles. The Morgan fingerprint density at radius 2 is 2.11 bits per heavy atom. The minimum Gasteiger partial charge on any atom is -0.454 e. The smallest absolute Gasteiger partial charge is 0.155 e. The van der Waals surface area contributed by atoms with Crippen molar-refractivity contribution in [3.63, 3.8) is 0 Å². The minimum absolute atomic E-state index is 0.407. The van der Waals surface area contributed by atoms with Crippen LogP contribution in [0, 0.1) is 0 Å². The highest BCUT2D eigenvalue weighted by atomic mass is 35.5. The van der Waals surface area contributed by atoms with Crippen molar-refractivity contribution in [2.24, 2.45) is 0 Å². The predicted octanol–water partition coefficient (Wildman–Crippen LogP) is 3.19. The number of imidazole rings is 1. The SMILES string of the molecule is Clc1ccc2ncc(-c3cc4cnccc4o3)n2n1. The lowest BCUT2D eigenvalue weighted by molar-refractivity contribution is 0.625. The second-order valence-corrected chi connectivity index (χ2v) is 4.48. The van der Waals surface area contributed by atoms with Crippen LogP contribution in [-0.2, 0) is 0 Å². The Hall–Kier alpha value is -2.40. The molecular weight excluding hydrogens is 264 g/mol. The van der Waals surface area contributed by atoms with E-state index in [1.165, 1.54) is 0 Å². The summed E-state index contributed by atoms with van der Waals surface area (Å²) in [5.41, 5.74) is 2.26. The van der Waals surface area contributed by atoms with Gasteiger partial charge in [-0.05, 0) is 24.3 Å². The van der Waals surface area contributed by atoms with E-state index in [9.17, 15) is 0 Å². The third-order valence-electron chi connectivity index (χ3n) is 2.90. The van der Waals surface area contributed by atoms with Crippen LogP contribution in [0.4, 0.5) is 0 Å². The maximum Gasteiger partial charge on any atom is 0.155 e. The molecule has 0 amide bonds. The molecule has 0 N–H and O–H groups in total. The Balaban J connectivity index is 2.00. The Bertz CT molecular complexity index is 863. The average molecular weight is 271 g/mol. The molecule has 0 bridgehead atoms. The van der Waals surface area contributed by atoms with Crippen LogP contribution >= 0.6 is 11.6 Å². The highest BCUT2D eigenvalue weighted by Gasteiger charge is 2.12. The van der Waals surface area contributed by atoms with E-state index in [-0.39, 0.29) is 0 Å². The fourth-order valence-corrected chi connectivity index (χ4v) is 2.17. The van der Waals surface area contributed by atoms with Crippen LogP contribution in [0.25, 0.3) is 28.1 Å². The molecule has 92 valence electrons.